The van der Waals surface area contributed by atoms with Gasteiger partial charge >= 0.3 is 0 Å². The molecule has 1 aliphatic heterocycles. The maximum Gasteiger partial charge on any atom is 0.138 e. The van der Waals surface area contributed by atoms with E-state index >= 15 is 0 Å². The first-order valence-electron chi connectivity index (χ1n) is 6.81. The van der Waals surface area contributed by atoms with Crippen molar-refractivity contribution in [2.45, 2.75) is 39.3 Å². The highest BCUT2D eigenvalue weighted by molar-refractivity contribution is 5.26. The quantitative estimate of drug-likeness (QED) is 0.847. The SMILES string of the molecule is Cc1noc(C)c1[C@@H]1CCCN1Cc1ccncc1. The molecule has 1 aliphatic rings. The van der Waals surface area contributed by atoms with Crippen molar-refractivity contribution in [1.29, 1.82) is 0 Å². The van der Waals surface area contributed by atoms with Gasteiger partial charge in [-0.25, -0.2) is 0 Å². The second kappa shape index (κ2) is 5.13. The van der Waals surface area contributed by atoms with Crippen molar-refractivity contribution < 1.29 is 4.52 Å². The lowest BCUT2D eigenvalue weighted by Crippen LogP contribution is -2.23. The molecule has 1 atom stereocenters. The Hall–Kier alpha value is -1.68. The molecule has 1 saturated heterocycles. The summed E-state index contributed by atoms with van der Waals surface area (Å²) in [5.41, 5.74) is 3.63. The van der Waals surface area contributed by atoms with Crippen LogP contribution in [0.4, 0.5) is 0 Å². The van der Waals surface area contributed by atoms with Gasteiger partial charge < -0.3 is 4.52 Å². The Labute approximate surface area is 113 Å². The lowest BCUT2D eigenvalue weighted by atomic mass is 10.0. The van der Waals surface area contributed by atoms with E-state index in [0.29, 0.717) is 6.04 Å². The van der Waals surface area contributed by atoms with Crippen molar-refractivity contribution in [3.63, 3.8) is 0 Å². The maximum atomic E-state index is 5.32. The van der Waals surface area contributed by atoms with Gasteiger partial charge in [-0.3, -0.25) is 9.88 Å². The number of aromatic nitrogens is 2. The lowest BCUT2D eigenvalue weighted by Gasteiger charge is -2.24. The van der Waals surface area contributed by atoms with Crippen LogP contribution in [0, 0.1) is 13.8 Å². The van der Waals surface area contributed by atoms with Gasteiger partial charge in [-0.15, -0.1) is 0 Å². The summed E-state index contributed by atoms with van der Waals surface area (Å²) in [5, 5.41) is 4.09. The number of nitrogens with zero attached hydrogens (tertiary/aromatic N) is 3. The van der Waals surface area contributed by atoms with E-state index in [4.69, 9.17) is 4.52 Å². The minimum Gasteiger partial charge on any atom is -0.361 e. The monoisotopic (exact) mass is 257 g/mol. The van der Waals surface area contributed by atoms with E-state index in [1.807, 2.05) is 26.2 Å². The molecule has 0 N–H and O–H groups in total. The summed E-state index contributed by atoms with van der Waals surface area (Å²) in [5.74, 6) is 0.962. The molecule has 2 aromatic rings. The Kier molecular flexibility index (Phi) is 3.34. The van der Waals surface area contributed by atoms with E-state index in [0.717, 1.165) is 24.5 Å². The minimum atomic E-state index is 0.444. The molecule has 0 saturated carbocycles. The zero-order valence-corrected chi connectivity index (χ0v) is 11.5. The van der Waals surface area contributed by atoms with Gasteiger partial charge in [-0.2, -0.15) is 0 Å². The molecule has 0 radical (unpaired) electrons. The molecule has 0 spiro atoms. The smallest absolute Gasteiger partial charge is 0.138 e. The lowest BCUT2D eigenvalue weighted by molar-refractivity contribution is 0.245. The average Bonchev–Trinajstić information content (AvgIpc) is 2.98. The maximum absolute atomic E-state index is 5.32. The van der Waals surface area contributed by atoms with Crippen molar-refractivity contribution in [2.24, 2.45) is 0 Å². The zero-order valence-electron chi connectivity index (χ0n) is 11.5. The van der Waals surface area contributed by atoms with Crippen LogP contribution in [0.1, 0.15) is 41.5 Å². The van der Waals surface area contributed by atoms with Crippen molar-refractivity contribution in [2.75, 3.05) is 6.54 Å². The first-order valence-corrected chi connectivity index (χ1v) is 6.81. The van der Waals surface area contributed by atoms with E-state index < -0.39 is 0 Å². The van der Waals surface area contributed by atoms with Crippen molar-refractivity contribution in [1.82, 2.24) is 15.0 Å². The first kappa shape index (κ1) is 12.4. The van der Waals surface area contributed by atoms with Gasteiger partial charge in [0.05, 0.1) is 5.69 Å². The van der Waals surface area contributed by atoms with Gasteiger partial charge in [0.25, 0.3) is 0 Å². The summed E-state index contributed by atoms with van der Waals surface area (Å²) in [7, 11) is 0. The Morgan fingerprint density at radius 3 is 2.79 bits per heavy atom. The summed E-state index contributed by atoms with van der Waals surface area (Å²) in [6, 6.07) is 4.62. The predicted octanol–water partition coefficient (Wildman–Crippen LogP) is 3.02. The van der Waals surface area contributed by atoms with Crippen LogP contribution in [0.2, 0.25) is 0 Å². The minimum absolute atomic E-state index is 0.444. The molecule has 4 nitrogen and oxygen atoms in total. The van der Waals surface area contributed by atoms with Gasteiger partial charge in [0.2, 0.25) is 0 Å². The van der Waals surface area contributed by atoms with Gasteiger partial charge in [0, 0.05) is 30.5 Å². The van der Waals surface area contributed by atoms with Crippen LogP contribution >= 0.6 is 0 Å². The van der Waals surface area contributed by atoms with Crippen LogP contribution in [0.25, 0.3) is 0 Å². The van der Waals surface area contributed by atoms with Crippen LogP contribution in [-0.4, -0.2) is 21.6 Å². The third-order valence-corrected chi connectivity index (χ3v) is 3.92. The number of hydrogen-bond acceptors (Lipinski definition) is 4. The largest absolute Gasteiger partial charge is 0.361 e. The van der Waals surface area contributed by atoms with Crippen molar-refractivity contribution >= 4 is 0 Å². The number of pyridine rings is 1. The average molecular weight is 257 g/mol. The summed E-state index contributed by atoms with van der Waals surface area (Å²) < 4.78 is 5.32. The molecule has 4 heteroatoms. The summed E-state index contributed by atoms with van der Waals surface area (Å²) in [6.07, 6.45) is 6.14. The molecule has 0 amide bonds. The number of likely N-dealkylation sites (tertiary alicyclic amines) is 1. The van der Waals surface area contributed by atoms with E-state index in [1.54, 1.807) is 0 Å². The standard InChI is InChI=1S/C15H19N3O/c1-11-15(12(2)19-17-11)14-4-3-9-18(14)10-13-5-7-16-8-6-13/h5-8,14H,3-4,9-10H2,1-2H3/t14-/m0/s1. The Balaban J connectivity index is 1.82. The molecular formula is C15H19N3O. The third kappa shape index (κ3) is 2.40. The van der Waals surface area contributed by atoms with E-state index in [1.165, 1.54) is 24.0 Å². The van der Waals surface area contributed by atoms with Crippen LogP contribution in [0.5, 0.6) is 0 Å². The highest BCUT2D eigenvalue weighted by Crippen LogP contribution is 2.36. The number of hydrogen-bond donors (Lipinski definition) is 0. The molecule has 0 aromatic carbocycles. The summed E-state index contributed by atoms with van der Waals surface area (Å²) >= 11 is 0. The van der Waals surface area contributed by atoms with Crippen molar-refractivity contribution in [3.8, 4) is 0 Å². The normalized spacial score (nSPS) is 20.0. The molecular weight excluding hydrogens is 238 g/mol. The van der Waals surface area contributed by atoms with E-state index in [9.17, 15) is 0 Å². The third-order valence-electron chi connectivity index (χ3n) is 3.92. The highest BCUT2D eigenvalue weighted by atomic mass is 16.5. The second-order valence-electron chi connectivity index (χ2n) is 5.22. The van der Waals surface area contributed by atoms with Gasteiger partial charge in [0.15, 0.2) is 0 Å². The molecule has 0 bridgehead atoms. The molecule has 19 heavy (non-hydrogen) atoms. The van der Waals surface area contributed by atoms with Crippen LogP contribution < -0.4 is 0 Å². The Bertz CT molecular complexity index is 530. The molecule has 0 aliphatic carbocycles. The van der Waals surface area contributed by atoms with Crippen LogP contribution in [-0.2, 0) is 6.54 Å². The van der Waals surface area contributed by atoms with E-state index in [-0.39, 0.29) is 0 Å². The molecule has 100 valence electrons. The fraction of sp³-hybridized carbons (Fsp3) is 0.467. The Morgan fingerprint density at radius 1 is 1.32 bits per heavy atom. The fourth-order valence-electron chi connectivity index (χ4n) is 3.03. The first-order chi connectivity index (χ1) is 9.25. The van der Waals surface area contributed by atoms with Crippen molar-refractivity contribution in [3.05, 3.63) is 47.1 Å². The molecule has 1 fully saturated rings. The van der Waals surface area contributed by atoms with Crippen LogP contribution in [0.3, 0.4) is 0 Å². The molecule has 0 unspecified atom stereocenters. The Morgan fingerprint density at radius 2 is 2.11 bits per heavy atom. The van der Waals surface area contributed by atoms with Gasteiger partial charge in [-0.05, 0) is 50.9 Å². The number of aryl methyl sites for hydroxylation is 2. The predicted molar refractivity (Wildman–Crippen MR) is 72.6 cm³/mol. The molecule has 3 heterocycles. The molecule has 3 rings (SSSR count). The van der Waals surface area contributed by atoms with Gasteiger partial charge in [-0.1, -0.05) is 5.16 Å². The topological polar surface area (TPSA) is 42.2 Å². The van der Waals surface area contributed by atoms with Gasteiger partial charge in [0.1, 0.15) is 5.76 Å². The summed E-state index contributed by atoms with van der Waals surface area (Å²) in [6.45, 7) is 6.15. The van der Waals surface area contributed by atoms with E-state index in [2.05, 4.69) is 27.2 Å². The number of rotatable bonds is 3. The second-order valence-corrected chi connectivity index (χ2v) is 5.22. The molecule has 2 aromatic heterocycles. The summed E-state index contributed by atoms with van der Waals surface area (Å²) in [4.78, 5) is 6.59. The van der Waals surface area contributed by atoms with Crippen LogP contribution in [0.15, 0.2) is 29.0 Å². The fourth-order valence-corrected chi connectivity index (χ4v) is 3.03. The zero-order chi connectivity index (χ0) is 13.2. The highest BCUT2D eigenvalue weighted by Gasteiger charge is 2.30.